The highest BCUT2D eigenvalue weighted by Gasteiger charge is 2.26. The predicted molar refractivity (Wildman–Crippen MR) is 89.8 cm³/mol. The van der Waals surface area contributed by atoms with Crippen LogP contribution in [0.15, 0.2) is 28.4 Å². The highest BCUT2D eigenvalue weighted by atomic mass is 32.1. The van der Waals surface area contributed by atoms with Gasteiger partial charge in [0.25, 0.3) is 5.19 Å². The third kappa shape index (κ3) is 2.73. The van der Waals surface area contributed by atoms with Gasteiger partial charge in [0.2, 0.25) is 0 Å². The number of thiazole rings is 1. The van der Waals surface area contributed by atoms with Crippen LogP contribution < -0.4 is 10.4 Å². The third-order valence-corrected chi connectivity index (χ3v) is 4.94. The lowest BCUT2D eigenvalue weighted by Gasteiger charge is -2.11. The van der Waals surface area contributed by atoms with E-state index in [9.17, 15) is 4.79 Å². The molecule has 7 nitrogen and oxygen atoms in total. The zero-order chi connectivity index (χ0) is 16.7. The molecule has 1 aliphatic rings. The van der Waals surface area contributed by atoms with Gasteiger partial charge >= 0.3 is 5.69 Å². The molecule has 0 amide bonds. The zero-order valence-corrected chi connectivity index (χ0v) is 14.3. The Balaban J connectivity index is 1.62. The fourth-order valence-corrected chi connectivity index (χ4v) is 3.33. The summed E-state index contributed by atoms with van der Waals surface area (Å²) in [5.41, 5.74) is 3.47. The quantitative estimate of drug-likeness (QED) is 0.710. The second kappa shape index (κ2) is 5.86. The molecular weight excluding hydrogens is 326 g/mol. The molecule has 0 spiro atoms. The lowest BCUT2D eigenvalue weighted by Crippen LogP contribution is -2.23. The van der Waals surface area contributed by atoms with E-state index in [2.05, 4.69) is 20.8 Å². The molecule has 24 heavy (non-hydrogen) atoms. The Morgan fingerprint density at radius 3 is 2.88 bits per heavy atom. The van der Waals surface area contributed by atoms with E-state index in [0.29, 0.717) is 23.4 Å². The molecular formula is C16H17N5O2S. The molecule has 124 valence electrons. The van der Waals surface area contributed by atoms with Crippen LogP contribution in [0, 0.1) is 6.92 Å². The molecule has 1 aromatic carbocycles. The number of ether oxygens (including phenoxy) is 1. The van der Waals surface area contributed by atoms with Crippen LogP contribution in [0.3, 0.4) is 0 Å². The molecule has 0 radical (unpaired) electrons. The Morgan fingerprint density at radius 2 is 2.17 bits per heavy atom. The van der Waals surface area contributed by atoms with E-state index in [1.165, 1.54) is 33.5 Å². The first-order valence-electron chi connectivity index (χ1n) is 7.79. The SMILES string of the molecule is Cc1cccc(-n2nnn(C)c2=O)c1COc1nc(C2CC2)cs1. The summed E-state index contributed by atoms with van der Waals surface area (Å²) in [5.74, 6) is 0.616. The van der Waals surface area contributed by atoms with E-state index < -0.39 is 0 Å². The van der Waals surface area contributed by atoms with Gasteiger partial charge in [0.05, 0.1) is 11.4 Å². The van der Waals surface area contributed by atoms with Gasteiger partial charge in [-0.3, -0.25) is 0 Å². The standard InChI is InChI=1S/C16H17N5O2S/c1-10-4-3-5-14(21-16(22)20(2)18-19-21)12(10)8-23-15-17-13(9-24-15)11-6-7-11/h3-5,9,11H,6-8H2,1-2H3. The monoisotopic (exact) mass is 343 g/mol. The van der Waals surface area contributed by atoms with E-state index >= 15 is 0 Å². The van der Waals surface area contributed by atoms with Crippen molar-refractivity contribution in [2.75, 3.05) is 0 Å². The van der Waals surface area contributed by atoms with Crippen LogP contribution in [0.4, 0.5) is 0 Å². The molecule has 0 atom stereocenters. The van der Waals surface area contributed by atoms with Crippen LogP contribution in [0.1, 0.15) is 35.6 Å². The van der Waals surface area contributed by atoms with Crippen molar-refractivity contribution in [3.8, 4) is 10.9 Å². The van der Waals surface area contributed by atoms with Gasteiger partial charge in [0.15, 0.2) is 0 Å². The zero-order valence-electron chi connectivity index (χ0n) is 13.5. The summed E-state index contributed by atoms with van der Waals surface area (Å²) in [5, 5.41) is 10.4. The van der Waals surface area contributed by atoms with Crippen molar-refractivity contribution >= 4 is 11.3 Å². The van der Waals surface area contributed by atoms with Gasteiger partial charge < -0.3 is 4.74 Å². The molecule has 1 aliphatic carbocycles. The van der Waals surface area contributed by atoms with Crippen molar-refractivity contribution in [1.82, 2.24) is 24.8 Å². The summed E-state index contributed by atoms with van der Waals surface area (Å²) in [4.78, 5) is 16.7. The molecule has 0 unspecified atom stereocenters. The molecule has 0 aliphatic heterocycles. The summed E-state index contributed by atoms with van der Waals surface area (Å²) in [6, 6.07) is 5.73. The van der Waals surface area contributed by atoms with Gasteiger partial charge in [-0.1, -0.05) is 23.5 Å². The minimum absolute atomic E-state index is 0.285. The van der Waals surface area contributed by atoms with Gasteiger partial charge in [-0.2, -0.15) is 9.36 Å². The number of aromatic nitrogens is 5. The average Bonchev–Trinajstić information content (AvgIpc) is 3.23. The van der Waals surface area contributed by atoms with Gasteiger partial charge in [-0.25, -0.2) is 9.78 Å². The van der Waals surface area contributed by atoms with Crippen molar-refractivity contribution in [2.45, 2.75) is 32.3 Å². The third-order valence-electron chi connectivity index (χ3n) is 4.17. The summed E-state index contributed by atoms with van der Waals surface area (Å²) in [6.45, 7) is 2.32. The van der Waals surface area contributed by atoms with Crippen molar-refractivity contribution in [3.63, 3.8) is 0 Å². The van der Waals surface area contributed by atoms with Crippen molar-refractivity contribution in [3.05, 3.63) is 50.9 Å². The molecule has 1 fully saturated rings. The predicted octanol–water partition coefficient (Wildman–Crippen LogP) is 2.19. The first kappa shape index (κ1) is 15.1. The highest BCUT2D eigenvalue weighted by Crippen LogP contribution is 2.41. The van der Waals surface area contributed by atoms with Crippen molar-refractivity contribution < 1.29 is 4.74 Å². The highest BCUT2D eigenvalue weighted by molar-refractivity contribution is 7.11. The van der Waals surface area contributed by atoms with Crippen LogP contribution in [0.2, 0.25) is 0 Å². The fraction of sp³-hybridized carbons (Fsp3) is 0.375. The van der Waals surface area contributed by atoms with E-state index in [1.807, 2.05) is 25.1 Å². The largest absolute Gasteiger partial charge is 0.465 e. The second-order valence-corrected chi connectivity index (χ2v) is 6.79. The first-order chi connectivity index (χ1) is 11.6. The van der Waals surface area contributed by atoms with Crippen LogP contribution >= 0.6 is 11.3 Å². The molecule has 0 saturated heterocycles. The molecule has 2 heterocycles. The molecule has 3 aromatic rings. The Morgan fingerprint density at radius 1 is 1.33 bits per heavy atom. The van der Waals surface area contributed by atoms with Crippen LogP contribution in [-0.2, 0) is 13.7 Å². The van der Waals surface area contributed by atoms with Gasteiger partial charge in [0.1, 0.15) is 6.61 Å². The molecule has 0 bridgehead atoms. The smallest absolute Gasteiger partial charge is 0.368 e. The maximum atomic E-state index is 12.1. The fourth-order valence-electron chi connectivity index (χ4n) is 2.57. The molecule has 1 saturated carbocycles. The van der Waals surface area contributed by atoms with E-state index in [-0.39, 0.29) is 5.69 Å². The van der Waals surface area contributed by atoms with Crippen LogP contribution in [0.5, 0.6) is 5.19 Å². The van der Waals surface area contributed by atoms with Crippen molar-refractivity contribution in [1.29, 1.82) is 0 Å². The van der Waals surface area contributed by atoms with Gasteiger partial charge in [-0.15, -0.1) is 0 Å². The topological polar surface area (TPSA) is 74.8 Å². The number of aryl methyl sites for hydroxylation is 2. The van der Waals surface area contributed by atoms with E-state index in [4.69, 9.17) is 4.74 Å². The van der Waals surface area contributed by atoms with Gasteiger partial charge in [0, 0.05) is 23.9 Å². The Hall–Kier alpha value is -2.48. The Bertz CT molecular complexity index is 938. The van der Waals surface area contributed by atoms with Gasteiger partial charge in [-0.05, 0) is 41.8 Å². The summed E-state index contributed by atoms with van der Waals surface area (Å²) >= 11 is 1.52. The lowest BCUT2D eigenvalue weighted by molar-refractivity contribution is 0.302. The number of hydrogen-bond acceptors (Lipinski definition) is 6. The van der Waals surface area contributed by atoms with E-state index in [0.717, 1.165) is 16.8 Å². The minimum Gasteiger partial charge on any atom is -0.465 e. The van der Waals surface area contributed by atoms with Crippen molar-refractivity contribution in [2.24, 2.45) is 7.05 Å². The normalized spacial score (nSPS) is 14.1. The lowest BCUT2D eigenvalue weighted by atomic mass is 10.1. The minimum atomic E-state index is -0.285. The average molecular weight is 343 g/mol. The number of tetrazole rings is 1. The second-order valence-electron chi connectivity index (χ2n) is 5.97. The number of hydrogen-bond donors (Lipinski definition) is 0. The Kier molecular flexibility index (Phi) is 3.68. The van der Waals surface area contributed by atoms with E-state index in [1.54, 1.807) is 7.05 Å². The number of benzene rings is 1. The van der Waals surface area contributed by atoms with Crippen LogP contribution in [0.25, 0.3) is 5.69 Å². The summed E-state index contributed by atoms with van der Waals surface area (Å²) in [7, 11) is 1.58. The Labute approximate surface area is 142 Å². The number of nitrogens with zero attached hydrogens (tertiary/aromatic N) is 5. The molecule has 8 heteroatoms. The summed E-state index contributed by atoms with van der Waals surface area (Å²) < 4.78 is 8.38. The molecule has 4 rings (SSSR count). The molecule has 2 aromatic heterocycles. The molecule has 0 N–H and O–H groups in total. The maximum Gasteiger partial charge on any atom is 0.368 e. The first-order valence-corrected chi connectivity index (χ1v) is 8.67. The van der Waals surface area contributed by atoms with Crippen LogP contribution in [-0.4, -0.2) is 24.8 Å². The maximum absolute atomic E-state index is 12.1. The number of rotatable bonds is 5. The summed E-state index contributed by atoms with van der Waals surface area (Å²) in [6.07, 6.45) is 2.45.